The van der Waals surface area contributed by atoms with Crippen molar-refractivity contribution in [2.45, 2.75) is 34.2 Å². The van der Waals surface area contributed by atoms with E-state index in [1.54, 1.807) is 0 Å². The third-order valence-electron chi connectivity index (χ3n) is 3.30. The van der Waals surface area contributed by atoms with Gasteiger partial charge in [0, 0.05) is 19.2 Å². The van der Waals surface area contributed by atoms with Gasteiger partial charge in [0.15, 0.2) is 0 Å². The number of rotatable bonds is 3. The molecule has 0 radical (unpaired) electrons. The largest absolute Gasteiger partial charge is 0.268 e. The molecule has 0 aromatic carbocycles. The summed E-state index contributed by atoms with van der Waals surface area (Å²) in [5.41, 5.74) is 7.31. The molecule has 2 aromatic rings. The molecular formula is C12H20N4P2. The van der Waals surface area contributed by atoms with E-state index in [1.807, 2.05) is 16.4 Å². The molecule has 0 amide bonds. The molecule has 98 valence electrons. The average Bonchev–Trinajstić information content (AvgIpc) is 2.74. The van der Waals surface area contributed by atoms with Gasteiger partial charge in [0.1, 0.15) is 0 Å². The van der Waals surface area contributed by atoms with Crippen molar-refractivity contribution in [1.29, 1.82) is 0 Å². The van der Waals surface area contributed by atoms with Crippen molar-refractivity contribution in [1.82, 2.24) is 19.6 Å². The summed E-state index contributed by atoms with van der Waals surface area (Å²) in [4.78, 5) is 0. The van der Waals surface area contributed by atoms with Gasteiger partial charge in [-0.3, -0.25) is 9.36 Å². The summed E-state index contributed by atoms with van der Waals surface area (Å²) in [5, 5.41) is 9.15. The van der Waals surface area contributed by atoms with Gasteiger partial charge in [0.25, 0.3) is 0 Å². The first kappa shape index (κ1) is 13.7. The summed E-state index contributed by atoms with van der Waals surface area (Å²) in [6.07, 6.45) is 0. The molecule has 2 unspecified atom stereocenters. The van der Waals surface area contributed by atoms with Gasteiger partial charge in [-0.2, -0.15) is 10.2 Å². The number of hydrogen-bond donors (Lipinski definition) is 0. The Kier molecular flexibility index (Phi) is 3.89. The van der Waals surface area contributed by atoms with Crippen molar-refractivity contribution >= 4 is 34.1 Å². The Labute approximate surface area is 112 Å². The Bertz CT molecular complexity index is 583. The minimum Gasteiger partial charge on any atom is -0.268 e. The van der Waals surface area contributed by atoms with Gasteiger partial charge in [-0.25, -0.2) is 0 Å². The van der Waals surface area contributed by atoms with Gasteiger partial charge in [-0.15, -0.1) is 0 Å². The highest BCUT2D eigenvalue weighted by Crippen LogP contribution is 2.16. The first-order valence-corrected chi connectivity index (χ1v) is 7.63. The van der Waals surface area contributed by atoms with Gasteiger partial charge in [0.05, 0.1) is 22.0 Å². The molecule has 0 aliphatic rings. The highest BCUT2D eigenvalue weighted by molar-refractivity contribution is 7.55. The van der Waals surface area contributed by atoms with Crippen molar-refractivity contribution in [3.63, 3.8) is 0 Å². The molecule has 0 N–H and O–H groups in total. The number of nitrogens with zero attached hydrogens (tertiary/aromatic N) is 4. The summed E-state index contributed by atoms with van der Waals surface area (Å²) >= 11 is 0. The average molecular weight is 282 g/mol. The maximum Gasteiger partial charge on any atom is 0.0916 e. The molecule has 2 atom stereocenters. The second kappa shape index (κ2) is 5.11. The fourth-order valence-electron chi connectivity index (χ4n) is 1.98. The summed E-state index contributed by atoms with van der Waals surface area (Å²) < 4.78 is 4.02. The lowest BCUT2D eigenvalue weighted by atomic mass is 10.3. The van der Waals surface area contributed by atoms with E-state index in [-0.39, 0.29) is 0 Å². The monoisotopic (exact) mass is 282 g/mol. The Morgan fingerprint density at radius 1 is 1.17 bits per heavy atom. The minimum absolute atomic E-state index is 0.570. The number of aromatic nitrogens is 4. The van der Waals surface area contributed by atoms with Gasteiger partial charge in [0.2, 0.25) is 0 Å². The Balaban J connectivity index is 2.40. The maximum absolute atomic E-state index is 4.68. The van der Waals surface area contributed by atoms with E-state index < -0.39 is 0 Å². The highest BCUT2D eigenvalue weighted by atomic mass is 31.1. The Morgan fingerprint density at radius 3 is 2.28 bits per heavy atom. The van der Waals surface area contributed by atoms with Crippen molar-refractivity contribution in [2.75, 3.05) is 0 Å². The van der Waals surface area contributed by atoms with E-state index in [0.29, 0.717) is 8.58 Å². The van der Waals surface area contributed by atoms with Crippen molar-refractivity contribution in [2.24, 2.45) is 7.05 Å². The second-order valence-electron chi connectivity index (χ2n) is 4.48. The first-order valence-electron chi connectivity index (χ1n) is 6.05. The fourth-order valence-corrected chi connectivity index (χ4v) is 3.79. The van der Waals surface area contributed by atoms with Crippen molar-refractivity contribution in [3.05, 3.63) is 16.8 Å². The Morgan fingerprint density at radius 2 is 1.83 bits per heavy atom. The smallest absolute Gasteiger partial charge is 0.0916 e. The zero-order chi connectivity index (χ0) is 13.4. The van der Waals surface area contributed by atoms with Crippen LogP contribution in [-0.4, -0.2) is 19.6 Å². The highest BCUT2D eigenvalue weighted by Gasteiger charge is 2.15. The molecule has 2 aromatic heterocycles. The lowest BCUT2D eigenvalue weighted by Gasteiger charge is -2.02. The topological polar surface area (TPSA) is 35.6 Å². The summed E-state index contributed by atoms with van der Waals surface area (Å²) in [6.45, 7) is 9.36. The number of hydrogen-bond acceptors (Lipinski definition) is 2. The molecule has 4 nitrogen and oxygen atoms in total. The van der Waals surface area contributed by atoms with Crippen LogP contribution >= 0.6 is 17.8 Å². The van der Waals surface area contributed by atoms with E-state index in [9.17, 15) is 0 Å². The molecule has 0 fully saturated rings. The standard InChI is InChI=1S/C12H20N4P2/c1-6-16-11(17)8(3)10(14-16)18-12-7(2)9(4)13-15(12)5/h18H,6,17H2,1-5H3. The molecule has 0 bridgehead atoms. The van der Waals surface area contributed by atoms with E-state index in [1.165, 1.54) is 27.4 Å². The predicted octanol–water partition coefficient (Wildman–Crippen LogP) is 0.691. The lowest BCUT2D eigenvalue weighted by molar-refractivity contribution is 0.685. The SMILES string of the molecule is CCn1nc(Pc2c(C)c(C)nn2C)c(C)c1P. The molecule has 2 heterocycles. The zero-order valence-electron chi connectivity index (χ0n) is 11.6. The van der Waals surface area contributed by atoms with Crippen LogP contribution in [0.4, 0.5) is 0 Å². The molecule has 0 aliphatic heterocycles. The second-order valence-corrected chi connectivity index (χ2v) is 6.23. The molecule has 0 saturated heterocycles. The summed E-state index contributed by atoms with van der Waals surface area (Å²) in [7, 11) is 5.37. The van der Waals surface area contributed by atoms with Crippen LogP contribution in [0.5, 0.6) is 0 Å². The van der Waals surface area contributed by atoms with Crippen LogP contribution in [0.25, 0.3) is 0 Å². The van der Waals surface area contributed by atoms with Crippen LogP contribution < -0.4 is 16.3 Å². The normalized spacial score (nSPS) is 11.9. The fraction of sp³-hybridized carbons (Fsp3) is 0.500. The van der Waals surface area contributed by atoms with Gasteiger partial charge in [-0.1, -0.05) is 9.24 Å². The number of aryl methyl sites for hydroxylation is 3. The van der Waals surface area contributed by atoms with Crippen molar-refractivity contribution < 1.29 is 0 Å². The molecule has 18 heavy (non-hydrogen) atoms. The van der Waals surface area contributed by atoms with Crippen molar-refractivity contribution in [3.8, 4) is 0 Å². The van der Waals surface area contributed by atoms with Crippen LogP contribution in [-0.2, 0) is 13.6 Å². The predicted molar refractivity (Wildman–Crippen MR) is 82.2 cm³/mol. The Hall–Kier alpha value is -0.720. The van der Waals surface area contributed by atoms with Gasteiger partial charge >= 0.3 is 0 Å². The van der Waals surface area contributed by atoms with Gasteiger partial charge in [-0.05, 0) is 41.8 Å². The molecule has 0 aliphatic carbocycles. The molecule has 2 rings (SSSR count). The van der Waals surface area contributed by atoms with E-state index in [2.05, 4.69) is 47.1 Å². The molecule has 6 heteroatoms. The van der Waals surface area contributed by atoms with Crippen LogP contribution in [0, 0.1) is 20.8 Å². The zero-order valence-corrected chi connectivity index (χ0v) is 13.7. The minimum atomic E-state index is 0.570. The van der Waals surface area contributed by atoms with Gasteiger partial charge < -0.3 is 0 Å². The third kappa shape index (κ3) is 2.24. The maximum atomic E-state index is 4.68. The molecular weight excluding hydrogens is 262 g/mol. The molecule has 0 saturated carbocycles. The quantitative estimate of drug-likeness (QED) is 0.777. The van der Waals surface area contributed by atoms with Crippen LogP contribution in [0.1, 0.15) is 23.7 Å². The van der Waals surface area contributed by atoms with E-state index in [0.717, 1.165) is 12.2 Å². The van der Waals surface area contributed by atoms with E-state index >= 15 is 0 Å². The third-order valence-corrected chi connectivity index (χ3v) is 5.67. The first-order chi connectivity index (χ1) is 8.45. The summed E-state index contributed by atoms with van der Waals surface area (Å²) in [6, 6.07) is 0. The van der Waals surface area contributed by atoms with E-state index in [4.69, 9.17) is 0 Å². The van der Waals surface area contributed by atoms with Crippen LogP contribution in [0.2, 0.25) is 0 Å². The molecule has 0 spiro atoms. The lowest BCUT2D eigenvalue weighted by Crippen LogP contribution is -2.17. The summed E-state index contributed by atoms with van der Waals surface area (Å²) in [5.74, 6) is 0. The van der Waals surface area contributed by atoms with Crippen LogP contribution in [0.3, 0.4) is 0 Å². The van der Waals surface area contributed by atoms with Crippen LogP contribution in [0.15, 0.2) is 0 Å².